The fourth-order valence-electron chi connectivity index (χ4n) is 3.02. The minimum absolute atomic E-state index is 0. The summed E-state index contributed by atoms with van der Waals surface area (Å²) in [5, 5.41) is 0. The molecule has 0 rings (SSSR count). The molecule has 3 nitrogen and oxygen atoms in total. The largest absolute Gasteiger partial charge is 2.00 e. The van der Waals surface area contributed by atoms with Gasteiger partial charge in [0, 0.05) is 0 Å². The van der Waals surface area contributed by atoms with Crippen LogP contribution in [0, 0.1) is 46.9 Å². The van der Waals surface area contributed by atoms with Crippen LogP contribution in [0.15, 0.2) is 0 Å². The Morgan fingerprint density at radius 3 is 0.345 bits per heavy atom. The summed E-state index contributed by atoms with van der Waals surface area (Å²) >= 11 is 0. The zero-order valence-electron chi connectivity index (χ0n) is 23.6. The molecule has 0 aliphatic carbocycles. The van der Waals surface area contributed by atoms with Gasteiger partial charge in [0.05, 0.1) is 0 Å². The molecular weight excluding hydrogens is 607 g/mol. The Labute approximate surface area is 243 Å². The van der Waals surface area contributed by atoms with Gasteiger partial charge in [0.1, 0.15) is 0 Å². The van der Waals surface area contributed by atoms with Crippen molar-refractivity contribution in [2.45, 2.75) is 118 Å². The van der Waals surface area contributed by atoms with Gasteiger partial charge in [-0.1, -0.05) is 167 Å². The quantitative estimate of drug-likeness (QED) is 0.310. The van der Waals surface area contributed by atoms with Gasteiger partial charge in [-0.25, -0.2) is 0 Å². The second-order valence-electron chi connectivity index (χ2n) is 13.4. The Bertz CT molecular complexity index is 303. The number of hydrogen-bond acceptors (Lipinski definition) is 0. The normalized spacial score (nSPS) is 13.0. The van der Waals surface area contributed by atoms with Crippen molar-refractivity contribution in [3.8, 4) is 0 Å². The molecule has 0 aromatic rings. The molecule has 0 saturated heterocycles. The maximum atomic E-state index is 4.82. The van der Waals surface area contributed by atoms with E-state index in [2.05, 4.69) is 118 Å². The van der Waals surface area contributed by atoms with Crippen LogP contribution in [0.1, 0.15) is 0 Å². The molecule has 0 amide bonds. The van der Waals surface area contributed by atoms with Gasteiger partial charge in [-0.05, 0) is 0 Å². The Morgan fingerprint density at radius 2 is 0.345 bits per heavy atom. The average molecular weight is 661 g/mol. The summed E-state index contributed by atoms with van der Waals surface area (Å²) in [7, 11) is -6.64. The molecule has 0 aliphatic rings. The first-order chi connectivity index (χ1) is 11.1. The van der Waals surface area contributed by atoms with Crippen molar-refractivity contribution in [3.63, 3.8) is 0 Å². The van der Waals surface area contributed by atoms with Gasteiger partial charge >= 0.3 is 65.8 Å². The fraction of sp³-hybridized carbons (Fsp3) is 1.00. The van der Waals surface area contributed by atoms with Crippen molar-refractivity contribution in [1.29, 1.82) is 0 Å². The van der Waals surface area contributed by atoms with Crippen LogP contribution in [0.25, 0.3) is 13.9 Å². The van der Waals surface area contributed by atoms with Crippen LogP contribution in [0.2, 0.25) is 118 Å². The summed E-state index contributed by atoms with van der Waals surface area (Å²) in [6.07, 6.45) is 0. The van der Waals surface area contributed by atoms with E-state index in [-0.39, 0.29) is 65.8 Å². The molecule has 11 heteroatoms. The Kier molecular flexibility index (Phi) is 23.5. The Balaban J connectivity index is -0.0000000960. The average Bonchev–Trinajstić information content (AvgIpc) is 1.96. The van der Waals surface area contributed by atoms with Crippen molar-refractivity contribution < 1.29 is 65.8 Å². The van der Waals surface area contributed by atoms with Crippen LogP contribution in [0.4, 0.5) is 0 Å². The van der Waals surface area contributed by atoms with Gasteiger partial charge < -0.3 is 13.9 Å². The number of hydrogen-bond donors (Lipinski definition) is 0. The van der Waals surface area contributed by atoms with E-state index in [0.717, 1.165) is 0 Å². The van der Waals surface area contributed by atoms with Gasteiger partial charge in [-0.2, -0.15) is 0 Å². The van der Waals surface area contributed by atoms with E-state index in [9.17, 15) is 0 Å². The SMILES string of the molecule is C[Si](C)(C)[N-][Si](C)(C)C.C[Si](C)(C)[N-][Si](C)(C)C.C[Si](C)(C)[N-][Si](C)(C)C.[Li+].[Yb+2]. The summed E-state index contributed by atoms with van der Waals surface area (Å²) in [4.78, 5) is 0. The molecule has 0 unspecified atom stereocenters. The van der Waals surface area contributed by atoms with Gasteiger partial charge in [0.25, 0.3) is 0 Å². The number of rotatable bonds is 6. The van der Waals surface area contributed by atoms with Gasteiger partial charge in [0.15, 0.2) is 0 Å². The van der Waals surface area contributed by atoms with Gasteiger partial charge in [-0.3, -0.25) is 0 Å². The predicted octanol–water partition coefficient (Wildman–Crippen LogP) is 6.09. The molecule has 0 atom stereocenters. The topological polar surface area (TPSA) is 42.3 Å². The zero-order valence-corrected chi connectivity index (χ0v) is 31.3. The van der Waals surface area contributed by atoms with Crippen molar-refractivity contribution in [1.82, 2.24) is 0 Å². The summed E-state index contributed by atoms with van der Waals surface area (Å²) in [6.45, 7) is 41.3. The molecule has 180 valence electrons. The molecule has 29 heavy (non-hydrogen) atoms. The van der Waals surface area contributed by atoms with Crippen molar-refractivity contribution in [2.75, 3.05) is 0 Å². The third-order valence-corrected chi connectivity index (χ3v) is 18.1. The second-order valence-corrected chi connectivity index (χ2v) is 42.1. The minimum atomic E-state index is -1.11. The first-order valence-electron chi connectivity index (χ1n) is 10.3. The molecule has 0 saturated carbocycles. The Hall–Kier alpha value is 3.30. The molecule has 0 aromatic carbocycles. The van der Waals surface area contributed by atoms with E-state index >= 15 is 0 Å². The van der Waals surface area contributed by atoms with Crippen LogP contribution in [0.5, 0.6) is 0 Å². The smallest absolute Gasteiger partial charge is 0.668 e. The van der Waals surface area contributed by atoms with Gasteiger partial charge in [-0.15, -0.1) is 0 Å². The maximum Gasteiger partial charge on any atom is 2.00 e. The molecule has 0 bridgehead atoms. The molecule has 0 heterocycles. The van der Waals surface area contributed by atoms with E-state index in [1.54, 1.807) is 0 Å². The standard InChI is InChI=1S/3C6H18NSi2.Li.Yb/c3*1-8(2,3)7-9(4,5)6;;/h3*1-6H3;;/q3*-1;+1;+2. The van der Waals surface area contributed by atoms with E-state index < -0.39 is 49.4 Å². The van der Waals surface area contributed by atoms with Crippen LogP contribution < -0.4 is 18.9 Å². The monoisotopic (exact) mass is 661 g/mol. The minimum Gasteiger partial charge on any atom is -0.668 e. The van der Waals surface area contributed by atoms with Crippen LogP contribution in [-0.4, -0.2) is 49.4 Å². The van der Waals surface area contributed by atoms with Crippen molar-refractivity contribution >= 4 is 49.4 Å². The third-order valence-electron chi connectivity index (χ3n) is 2.01. The van der Waals surface area contributed by atoms with Crippen LogP contribution in [-0.2, 0) is 0 Å². The molecular formula is C18H54LiN3Si6Yb. The van der Waals surface area contributed by atoms with E-state index in [1.165, 1.54) is 0 Å². The molecule has 0 radical (unpaired) electrons. The molecule has 0 N–H and O–H groups in total. The van der Waals surface area contributed by atoms with Crippen LogP contribution in [0.3, 0.4) is 0 Å². The summed E-state index contributed by atoms with van der Waals surface area (Å²) < 4.78 is 14.5. The molecule has 0 spiro atoms. The summed E-state index contributed by atoms with van der Waals surface area (Å²) in [5.41, 5.74) is 0. The molecule has 0 aromatic heterocycles. The number of nitrogens with zero attached hydrogens (tertiary/aromatic N) is 3. The third kappa shape index (κ3) is 59.2. The maximum absolute atomic E-state index is 4.82. The fourth-order valence-corrected chi connectivity index (χ4v) is 27.2. The predicted molar refractivity (Wildman–Crippen MR) is 150 cm³/mol. The summed E-state index contributed by atoms with van der Waals surface area (Å²) in [5.74, 6) is 0. The Morgan fingerprint density at radius 1 is 0.276 bits per heavy atom. The molecule has 0 aliphatic heterocycles. The van der Waals surface area contributed by atoms with E-state index in [0.29, 0.717) is 0 Å². The van der Waals surface area contributed by atoms with Crippen molar-refractivity contribution in [2.24, 2.45) is 0 Å². The van der Waals surface area contributed by atoms with E-state index in [4.69, 9.17) is 13.9 Å². The first kappa shape index (κ1) is 42.5. The van der Waals surface area contributed by atoms with Gasteiger partial charge in [0.2, 0.25) is 0 Å². The van der Waals surface area contributed by atoms with Crippen molar-refractivity contribution in [3.05, 3.63) is 13.9 Å². The molecule has 0 fully saturated rings. The van der Waals surface area contributed by atoms with Crippen LogP contribution >= 0.6 is 0 Å². The first-order valence-corrected chi connectivity index (χ1v) is 31.0. The van der Waals surface area contributed by atoms with E-state index in [1.807, 2.05) is 0 Å². The second kappa shape index (κ2) is 16.1. The zero-order chi connectivity index (χ0) is 23.1. The summed E-state index contributed by atoms with van der Waals surface area (Å²) in [6, 6.07) is 0.